The number of nitrogens with zero attached hydrogens (tertiary/aromatic N) is 4. The number of nitroso groups, excluding NO2 is 1. The van der Waals surface area contributed by atoms with Crippen molar-refractivity contribution in [1.29, 1.82) is 5.26 Å². The number of aromatic nitrogens is 2. The maximum atomic E-state index is 12.3. The molecule has 1 fully saturated rings. The van der Waals surface area contributed by atoms with Crippen LogP contribution in [0.25, 0.3) is 22.2 Å². The number of fused-ring (bicyclic) bond motifs is 1. The molecule has 2 heterocycles. The number of aryl methyl sites for hydroxylation is 1. The summed E-state index contributed by atoms with van der Waals surface area (Å²) < 4.78 is 35.2. The lowest BCUT2D eigenvalue weighted by atomic mass is 10.0. The second-order valence-electron chi connectivity index (χ2n) is 9.54. The quantitative estimate of drug-likeness (QED) is 0.230. The highest BCUT2D eigenvalue weighted by atomic mass is 32.2. The van der Waals surface area contributed by atoms with E-state index in [0.29, 0.717) is 29.3 Å². The van der Waals surface area contributed by atoms with Crippen molar-refractivity contribution in [1.82, 2.24) is 9.55 Å². The molecule has 5 rings (SSSR count). The van der Waals surface area contributed by atoms with Crippen LogP contribution < -0.4 is 9.46 Å². The Balaban J connectivity index is 1.61. The van der Waals surface area contributed by atoms with Crippen LogP contribution in [0.5, 0.6) is 11.6 Å². The molecule has 0 spiro atoms. The summed E-state index contributed by atoms with van der Waals surface area (Å²) in [6.07, 6.45) is 4.30. The summed E-state index contributed by atoms with van der Waals surface area (Å²) >= 11 is 0. The molecule has 1 aliphatic rings. The van der Waals surface area contributed by atoms with Gasteiger partial charge in [-0.15, -0.1) is 4.91 Å². The highest BCUT2D eigenvalue weighted by Crippen LogP contribution is 2.41. The molecule has 0 radical (unpaired) electrons. The van der Waals surface area contributed by atoms with E-state index in [1.54, 1.807) is 24.3 Å². The van der Waals surface area contributed by atoms with Crippen LogP contribution in [-0.4, -0.2) is 23.7 Å². The summed E-state index contributed by atoms with van der Waals surface area (Å²) in [6.45, 7) is 4.48. The first-order valence-electron chi connectivity index (χ1n) is 12.5. The first-order valence-corrected chi connectivity index (χ1v) is 14.1. The van der Waals surface area contributed by atoms with Gasteiger partial charge in [-0.3, -0.25) is 4.72 Å². The molecule has 0 amide bonds. The van der Waals surface area contributed by atoms with Gasteiger partial charge in [0.15, 0.2) is 5.69 Å². The number of hydrogen-bond donors (Lipinski definition) is 1. The van der Waals surface area contributed by atoms with Gasteiger partial charge in [-0.1, -0.05) is 13.0 Å². The summed E-state index contributed by atoms with van der Waals surface area (Å²) in [6, 6.07) is 16.4. The number of nitriles is 1. The third kappa shape index (κ3) is 5.10. The molecular formula is C28H27N5O4S. The number of pyridine rings is 1. The lowest BCUT2D eigenvalue weighted by Crippen LogP contribution is -2.16. The second kappa shape index (κ2) is 10.3. The summed E-state index contributed by atoms with van der Waals surface area (Å²) in [7, 11) is -3.42. The van der Waals surface area contributed by atoms with Crippen molar-refractivity contribution in [2.24, 2.45) is 11.1 Å². The molecular weight excluding hydrogens is 502 g/mol. The number of sulfonamides is 1. The van der Waals surface area contributed by atoms with Crippen molar-refractivity contribution in [3.63, 3.8) is 0 Å². The van der Waals surface area contributed by atoms with Crippen molar-refractivity contribution >= 4 is 32.3 Å². The molecule has 0 bridgehead atoms. The van der Waals surface area contributed by atoms with Crippen molar-refractivity contribution in [3.8, 4) is 29.0 Å². The number of nitrogens with one attached hydrogen (secondary N) is 1. The normalized spacial score (nSPS) is 13.3. The Bertz CT molecular complexity index is 1680. The van der Waals surface area contributed by atoms with E-state index >= 15 is 0 Å². The molecule has 0 saturated heterocycles. The Morgan fingerprint density at radius 3 is 2.71 bits per heavy atom. The Kier molecular flexibility index (Phi) is 6.87. The van der Waals surface area contributed by atoms with E-state index in [-0.39, 0.29) is 17.3 Å². The maximum Gasteiger partial charge on any atom is 0.249 e. The Labute approximate surface area is 221 Å². The van der Waals surface area contributed by atoms with Crippen molar-refractivity contribution in [2.45, 2.75) is 39.7 Å². The molecule has 9 nitrogen and oxygen atoms in total. The van der Waals surface area contributed by atoms with Crippen LogP contribution in [0.1, 0.15) is 37.3 Å². The fraction of sp³-hybridized carbons (Fsp3) is 0.286. The largest absolute Gasteiger partial charge is 0.437 e. The predicted molar refractivity (Wildman–Crippen MR) is 147 cm³/mol. The SMILES string of the molecule is CCCS(=O)(=O)Nc1ccc(-c2c(C#N)c3ccc(Oc4ncccc4N=O)cc3n2CC2CC2)c(C)c1. The van der Waals surface area contributed by atoms with Gasteiger partial charge in [-0.05, 0) is 79.2 Å². The monoisotopic (exact) mass is 529 g/mol. The minimum atomic E-state index is -3.42. The zero-order chi connectivity index (χ0) is 26.9. The highest BCUT2D eigenvalue weighted by Gasteiger charge is 2.27. The molecule has 194 valence electrons. The number of hydrogen-bond acceptors (Lipinski definition) is 7. The zero-order valence-electron chi connectivity index (χ0n) is 21.1. The standard InChI is InChI=1S/C28H27N5O4S/c1-3-13-38(35,36)32-20-8-10-22(18(2)14-20)27-24(16-29)23-11-9-21(15-26(23)33(27)17-19-6-7-19)37-28-25(31-34)5-4-12-30-28/h4-5,8-12,14-15,19,32H,3,6-7,13,17H2,1-2H3. The number of ether oxygens (including phenoxy) is 1. The smallest absolute Gasteiger partial charge is 0.249 e. The van der Waals surface area contributed by atoms with Crippen molar-refractivity contribution in [2.75, 3.05) is 10.5 Å². The van der Waals surface area contributed by atoms with Gasteiger partial charge in [0.1, 0.15) is 11.8 Å². The van der Waals surface area contributed by atoms with E-state index in [0.717, 1.165) is 47.1 Å². The maximum absolute atomic E-state index is 12.3. The third-order valence-electron chi connectivity index (χ3n) is 6.58. The highest BCUT2D eigenvalue weighted by molar-refractivity contribution is 7.92. The van der Waals surface area contributed by atoms with Crippen LogP contribution in [0.4, 0.5) is 11.4 Å². The van der Waals surface area contributed by atoms with Gasteiger partial charge < -0.3 is 9.30 Å². The first kappa shape index (κ1) is 25.4. The van der Waals surface area contributed by atoms with E-state index in [4.69, 9.17) is 4.74 Å². The molecule has 2 aromatic heterocycles. The fourth-order valence-corrected chi connectivity index (χ4v) is 5.79. The molecule has 1 aliphatic carbocycles. The number of benzene rings is 2. The van der Waals surface area contributed by atoms with Gasteiger partial charge in [-0.2, -0.15) is 5.26 Å². The summed E-state index contributed by atoms with van der Waals surface area (Å²) in [4.78, 5) is 15.3. The lowest BCUT2D eigenvalue weighted by Gasteiger charge is -2.15. The minimum Gasteiger partial charge on any atom is -0.437 e. The van der Waals surface area contributed by atoms with Gasteiger partial charge in [0.2, 0.25) is 15.9 Å². The van der Waals surface area contributed by atoms with Gasteiger partial charge in [0.25, 0.3) is 0 Å². The van der Waals surface area contributed by atoms with Crippen LogP contribution in [0.2, 0.25) is 0 Å². The van der Waals surface area contributed by atoms with Crippen LogP contribution in [0.15, 0.2) is 59.9 Å². The zero-order valence-corrected chi connectivity index (χ0v) is 22.0. The van der Waals surface area contributed by atoms with Gasteiger partial charge in [0, 0.05) is 35.4 Å². The van der Waals surface area contributed by atoms with Crippen molar-refractivity contribution in [3.05, 3.63) is 70.8 Å². The molecule has 0 atom stereocenters. The van der Waals surface area contributed by atoms with Crippen LogP contribution >= 0.6 is 0 Å². The Morgan fingerprint density at radius 2 is 2.03 bits per heavy atom. The molecule has 0 unspecified atom stereocenters. The molecule has 1 saturated carbocycles. The van der Waals surface area contributed by atoms with E-state index in [1.807, 2.05) is 32.0 Å². The second-order valence-corrected chi connectivity index (χ2v) is 11.4. The van der Waals surface area contributed by atoms with Crippen molar-refractivity contribution < 1.29 is 13.2 Å². The topological polar surface area (TPSA) is 126 Å². The lowest BCUT2D eigenvalue weighted by molar-refractivity contribution is 0.465. The van der Waals surface area contributed by atoms with Gasteiger partial charge in [-0.25, -0.2) is 13.4 Å². The average Bonchev–Trinajstić information content (AvgIpc) is 3.66. The summed E-state index contributed by atoms with van der Waals surface area (Å²) in [5, 5.41) is 14.0. The predicted octanol–water partition coefficient (Wildman–Crippen LogP) is 6.64. The molecule has 0 aliphatic heterocycles. The van der Waals surface area contributed by atoms with Gasteiger partial charge in [0.05, 0.1) is 22.5 Å². The number of anilines is 1. The average molecular weight is 530 g/mol. The fourth-order valence-electron chi connectivity index (χ4n) is 4.67. The van der Waals surface area contributed by atoms with Gasteiger partial charge >= 0.3 is 0 Å². The summed E-state index contributed by atoms with van der Waals surface area (Å²) in [5.41, 5.74) is 4.48. The first-order chi connectivity index (χ1) is 18.3. The van der Waals surface area contributed by atoms with E-state index in [2.05, 4.69) is 25.5 Å². The Hall–Kier alpha value is -4.23. The van der Waals surface area contributed by atoms with Crippen LogP contribution in [0.3, 0.4) is 0 Å². The summed E-state index contributed by atoms with van der Waals surface area (Å²) in [5.74, 6) is 1.15. The molecule has 2 aromatic carbocycles. The number of rotatable bonds is 10. The van der Waals surface area contributed by atoms with Crippen LogP contribution in [-0.2, 0) is 16.6 Å². The van der Waals surface area contributed by atoms with E-state index in [1.165, 1.54) is 12.3 Å². The molecule has 10 heteroatoms. The van der Waals surface area contributed by atoms with Crippen LogP contribution in [0, 0.1) is 29.1 Å². The third-order valence-corrected chi connectivity index (χ3v) is 8.07. The Morgan fingerprint density at radius 1 is 1.21 bits per heavy atom. The van der Waals surface area contributed by atoms with E-state index in [9.17, 15) is 18.6 Å². The van der Waals surface area contributed by atoms with E-state index < -0.39 is 10.0 Å². The molecule has 1 N–H and O–H groups in total. The molecule has 4 aromatic rings. The molecule has 38 heavy (non-hydrogen) atoms. The minimum absolute atomic E-state index is 0.0509.